The maximum Gasteiger partial charge on any atom is 0.314 e. The summed E-state index contributed by atoms with van der Waals surface area (Å²) < 4.78 is 6.18. The van der Waals surface area contributed by atoms with Gasteiger partial charge in [0, 0.05) is 23.3 Å². The predicted molar refractivity (Wildman–Crippen MR) is 98.8 cm³/mol. The van der Waals surface area contributed by atoms with Crippen LogP contribution in [-0.2, 0) is 9.53 Å². The minimum absolute atomic E-state index is 0.0164. The first-order valence-electron chi connectivity index (χ1n) is 8.02. The van der Waals surface area contributed by atoms with Crippen molar-refractivity contribution < 1.29 is 9.53 Å². The zero-order chi connectivity index (χ0) is 16.3. The van der Waals surface area contributed by atoms with E-state index in [0.29, 0.717) is 0 Å². The lowest BCUT2D eigenvalue weighted by atomic mass is 9.43. The fourth-order valence-electron chi connectivity index (χ4n) is 5.01. The highest BCUT2D eigenvalue weighted by Gasteiger charge is 2.84. The van der Waals surface area contributed by atoms with Gasteiger partial charge < -0.3 is 9.64 Å². The minimum atomic E-state index is -0.379. The van der Waals surface area contributed by atoms with Crippen LogP contribution in [0.25, 0.3) is 0 Å². The summed E-state index contributed by atoms with van der Waals surface area (Å²) in [5, 5.41) is 0. The van der Waals surface area contributed by atoms with E-state index in [1.165, 1.54) is 0 Å². The Morgan fingerprint density at radius 1 is 1.23 bits per heavy atom. The number of fused-ring (bicyclic) bond motifs is 1. The molecule has 3 unspecified atom stereocenters. The number of ether oxygens (including phenoxy) is 1. The summed E-state index contributed by atoms with van der Waals surface area (Å²) in [5.74, 6) is 0.0164. The molecule has 3 nitrogen and oxygen atoms in total. The Balaban J connectivity index is 1.76. The average Bonchev–Trinajstić information content (AvgIpc) is 2.91. The van der Waals surface area contributed by atoms with Gasteiger partial charge >= 0.3 is 5.97 Å². The number of halogens is 3. The minimum Gasteiger partial charge on any atom is -0.462 e. The molecule has 0 N–H and O–H groups in total. The van der Waals surface area contributed by atoms with Crippen LogP contribution in [0.1, 0.15) is 39.5 Å². The number of piperidine rings is 1. The maximum absolute atomic E-state index is 13.0. The number of carbonyl (C=O) groups excluding carboxylic acids is 1. The summed E-state index contributed by atoms with van der Waals surface area (Å²) in [5.41, 5.74) is -0.386. The molecule has 2 bridgehead atoms. The molecule has 1 aliphatic heterocycles. The quantitative estimate of drug-likeness (QED) is 0.426. The van der Waals surface area contributed by atoms with Gasteiger partial charge in [0.15, 0.2) is 0 Å². The highest BCUT2D eigenvalue weighted by Crippen LogP contribution is 2.82. The molecule has 4 aliphatic rings. The molecule has 3 saturated carbocycles. The number of hydrogen-bond donors (Lipinski definition) is 0. The van der Waals surface area contributed by atoms with Gasteiger partial charge in [-0.15, -0.1) is 0 Å². The summed E-state index contributed by atoms with van der Waals surface area (Å²) in [4.78, 5) is 15.5. The van der Waals surface area contributed by atoms with Crippen molar-refractivity contribution in [2.24, 2.45) is 16.2 Å². The third-order valence-corrected chi connectivity index (χ3v) is 10.0. The first-order chi connectivity index (χ1) is 10.2. The second-order valence-corrected chi connectivity index (χ2v) is 11.7. The van der Waals surface area contributed by atoms with Gasteiger partial charge in [0.25, 0.3) is 0 Å². The molecule has 6 heteroatoms. The maximum atomic E-state index is 13.0. The van der Waals surface area contributed by atoms with E-state index in [-0.39, 0.29) is 36.9 Å². The number of hydrogen-bond acceptors (Lipinski definition) is 3. The number of nitrogens with zero attached hydrogens (tertiary/aromatic N) is 1. The Kier molecular flexibility index (Phi) is 4.58. The summed E-state index contributed by atoms with van der Waals surface area (Å²) in [6.45, 7) is 6.48. The summed E-state index contributed by atoms with van der Waals surface area (Å²) in [6.07, 6.45) is 3.95. The second-order valence-electron chi connectivity index (χ2n) is 7.71. The molecule has 1 saturated heterocycles. The standard InChI is InChI=1S/C16H24Br3NO2/c1-14(2)15(12(18)19)6-7-16(14,11(15)17)13(21)22-10-4-8-20(3)9-5-10/h10-12H,4-9H2,1-3H3. The molecule has 4 fully saturated rings. The Labute approximate surface area is 158 Å². The first-order valence-corrected chi connectivity index (χ1v) is 10.8. The van der Waals surface area contributed by atoms with Crippen molar-refractivity contribution in [1.29, 1.82) is 0 Å². The largest absolute Gasteiger partial charge is 0.462 e. The van der Waals surface area contributed by atoms with Crippen LogP contribution in [0.2, 0.25) is 0 Å². The fraction of sp³-hybridized carbons (Fsp3) is 0.938. The number of likely N-dealkylation sites (tertiary alicyclic amines) is 1. The second kappa shape index (κ2) is 5.70. The highest BCUT2D eigenvalue weighted by atomic mass is 79.9. The van der Waals surface area contributed by atoms with E-state index in [9.17, 15) is 4.79 Å². The molecule has 0 spiro atoms. The van der Waals surface area contributed by atoms with Crippen LogP contribution in [0, 0.1) is 16.2 Å². The van der Waals surface area contributed by atoms with Gasteiger partial charge in [0.05, 0.1) is 9.15 Å². The molecular formula is C16H24Br3NO2. The predicted octanol–water partition coefficient (Wildman–Crippen LogP) is 4.31. The molecule has 0 amide bonds. The van der Waals surface area contributed by atoms with Crippen molar-refractivity contribution in [3.8, 4) is 0 Å². The molecule has 126 valence electrons. The Hall–Kier alpha value is 0.870. The summed E-state index contributed by atoms with van der Waals surface area (Å²) in [6, 6.07) is 0. The lowest BCUT2D eigenvalue weighted by Gasteiger charge is -2.65. The summed E-state index contributed by atoms with van der Waals surface area (Å²) >= 11 is 11.3. The molecule has 1 heterocycles. The Morgan fingerprint density at radius 2 is 1.82 bits per heavy atom. The number of esters is 1. The van der Waals surface area contributed by atoms with E-state index >= 15 is 0 Å². The van der Waals surface area contributed by atoms with Gasteiger partial charge in [-0.1, -0.05) is 61.6 Å². The van der Waals surface area contributed by atoms with E-state index in [4.69, 9.17) is 4.74 Å². The number of rotatable bonds is 3. The van der Waals surface area contributed by atoms with Crippen molar-refractivity contribution in [1.82, 2.24) is 4.90 Å². The SMILES string of the molecule is CN1CCC(OC(=O)C23CCC(C(Br)Br)(C2Br)C3(C)C)CC1. The van der Waals surface area contributed by atoms with Gasteiger partial charge in [-0.3, -0.25) is 4.79 Å². The molecule has 22 heavy (non-hydrogen) atoms. The van der Waals surface area contributed by atoms with E-state index in [1.54, 1.807) is 0 Å². The van der Waals surface area contributed by atoms with Gasteiger partial charge in [0.1, 0.15) is 6.10 Å². The van der Waals surface area contributed by atoms with E-state index in [1.807, 2.05) is 0 Å². The third kappa shape index (κ3) is 2.02. The van der Waals surface area contributed by atoms with Crippen LogP contribution in [-0.4, -0.2) is 45.7 Å². The van der Waals surface area contributed by atoms with E-state index in [2.05, 4.69) is 73.6 Å². The van der Waals surface area contributed by atoms with Crippen LogP contribution < -0.4 is 0 Å². The topological polar surface area (TPSA) is 29.5 Å². The lowest BCUT2D eigenvalue weighted by molar-refractivity contribution is -0.193. The molecule has 0 aromatic rings. The molecule has 4 rings (SSSR count). The zero-order valence-electron chi connectivity index (χ0n) is 13.4. The lowest BCUT2D eigenvalue weighted by Crippen LogP contribution is -2.70. The Morgan fingerprint density at radius 3 is 2.27 bits per heavy atom. The van der Waals surface area contributed by atoms with Crippen LogP contribution in [0.15, 0.2) is 0 Å². The monoisotopic (exact) mass is 499 g/mol. The first kappa shape index (κ1) is 17.7. The van der Waals surface area contributed by atoms with E-state index in [0.717, 1.165) is 38.8 Å². The smallest absolute Gasteiger partial charge is 0.314 e. The average molecular weight is 502 g/mol. The van der Waals surface area contributed by atoms with Crippen LogP contribution in [0.5, 0.6) is 0 Å². The van der Waals surface area contributed by atoms with Crippen LogP contribution in [0.4, 0.5) is 0 Å². The van der Waals surface area contributed by atoms with Crippen LogP contribution >= 0.6 is 47.8 Å². The molecule has 3 aliphatic carbocycles. The molecule has 0 aromatic heterocycles. The molecule has 3 atom stereocenters. The fourth-order valence-corrected chi connectivity index (χ4v) is 9.90. The van der Waals surface area contributed by atoms with Crippen molar-refractivity contribution in [2.45, 2.75) is 54.2 Å². The third-order valence-electron chi connectivity index (χ3n) is 6.79. The summed E-state index contributed by atoms with van der Waals surface area (Å²) in [7, 11) is 2.12. The van der Waals surface area contributed by atoms with Gasteiger partial charge in [-0.05, 0) is 38.1 Å². The molecule has 0 aromatic carbocycles. The highest BCUT2D eigenvalue weighted by molar-refractivity contribution is 9.24. The number of carbonyl (C=O) groups is 1. The van der Waals surface area contributed by atoms with Gasteiger partial charge in [-0.2, -0.15) is 0 Å². The molecule has 0 radical (unpaired) electrons. The van der Waals surface area contributed by atoms with Gasteiger partial charge in [-0.25, -0.2) is 0 Å². The van der Waals surface area contributed by atoms with Crippen LogP contribution in [0.3, 0.4) is 0 Å². The van der Waals surface area contributed by atoms with Gasteiger partial charge in [0.2, 0.25) is 0 Å². The van der Waals surface area contributed by atoms with Crippen molar-refractivity contribution >= 4 is 53.8 Å². The Bertz CT molecular complexity index is 476. The van der Waals surface area contributed by atoms with E-state index < -0.39 is 0 Å². The van der Waals surface area contributed by atoms with Crippen molar-refractivity contribution in [2.75, 3.05) is 20.1 Å². The zero-order valence-corrected chi connectivity index (χ0v) is 18.1. The molecular weight excluding hydrogens is 478 g/mol. The normalized spacial score (nSPS) is 41.5. The van der Waals surface area contributed by atoms with Crippen molar-refractivity contribution in [3.63, 3.8) is 0 Å². The number of alkyl halides is 3. The van der Waals surface area contributed by atoms with Crippen molar-refractivity contribution in [3.05, 3.63) is 0 Å².